The van der Waals surface area contributed by atoms with Crippen LogP contribution in [0.15, 0.2) is 65.6 Å². The summed E-state index contributed by atoms with van der Waals surface area (Å²) in [6.45, 7) is 1.01. The third-order valence-electron chi connectivity index (χ3n) is 5.02. The van der Waals surface area contributed by atoms with E-state index in [0.717, 1.165) is 43.3 Å². The molecule has 0 spiro atoms. The summed E-state index contributed by atoms with van der Waals surface area (Å²) in [5.74, 6) is -3.40. The van der Waals surface area contributed by atoms with E-state index in [1.54, 1.807) is 0 Å². The molecule has 1 atom stereocenters. The lowest BCUT2D eigenvalue weighted by atomic mass is 10.1. The molecule has 0 bridgehead atoms. The summed E-state index contributed by atoms with van der Waals surface area (Å²) < 4.78 is 86.3. The van der Waals surface area contributed by atoms with Crippen LogP contribution >= 0.6 is 11.6 Å². The Labute approximate surface area is 222 Å². The summed E-state index contributed by atoms with van der Waals surface area (Å²) in [5.41, 5.74) is -4.09. The van der Waals surface area contributed by atoms with E-state index in [1.165, 1.54) is 12.1 Å². The number of sulfonamides is 1. The average molecular weight is 590 g/mol. The molecule has 0 saturated carbocycles. The Balaban J connectivity index is 1.80. The van der Waals surface area contributed by atoms with Crippen molar-refractivity contribution < 1.29 is 45.2 Å². The molecule has 0 radical (unpaired) electrons. The Morgan fingerprint density at radius 2 is 1.72 bits per heavy atom. The van der Waals surface area contributed by atoms with Crippen molar-refractivity contribution in [2.24, 2.45) is 0 Å². The number of ether oxygens (including phenoxy) is 1. The topological polar surface area (TPSA) is 145 Å². The average Bonchev–Trinajstić information content (AvgIpc) is 2.84. The number of nitrogens with zero attached hydrogens (tertiary/aromatic N) is 1. The second kappa shape index (κ2) is 11.2. The highest BCUT2D eigenvalue weighted by Gasteiger charge is 2.36. The molecule has 0 aliphatic heterocycles. The number of hydrogen-bond donors (Lipinski definition) is 2. The van der Waals surface area contributed by atoms with Crippen LogP contribution in [0.3, 0.4) is 0 Å². The minimum absolute atomic E-state index is 0.230. The van der Waals surface area contributed by atoms with E-state index in [4.69, 9.17) is 16.3 Å². The van der Waals surface area contributed by atoms with E-state index in [9.17, 15) is 45.7 Å². The minimum atomic E-state index is -5.06. The third kappa shape index (κ3) is 7.00. The number of nitro benzene ring substituents is 1. The Morgan fingerprint density at radius 1 is 1.05 bits per heavy atom. The summed E-state index contributed by atoms with van der Waals surface area (Å²) in [5, 5.41) is 12.4. The first-order chi connectivity index (χ1) is 18.1. The molecule has 3 aromatic rings. The maximum absolute atomic E-state index is 13.9. The molecule has 0 unspecified atom stereocenters. The number of rotatable bonds is 8. The zero-order chi connectivity index (χ0) is 29.1. The number of halogens is 5. The summed E-state index contributed by atoms with van der Waals surface area (Å²) in [6.07, 6.45) is -6.79. The van der Waals surface area contributed by atoms with Gasteiger partial charge in [0.05, 0.1) is 37.3 Å². The Kier molecular flexibility index (Phi) is 8.45. The van der Waals surface area contributed by atoms with Crippen LogP contribution in [-0.4, -0.2) is 31.3 Å². The zero-order valence-corrected chi connectivity index (χ0v) is 21.0. The van der Waals surface area contributed by atoms with E-state index in [-0.39, 0.29) is 16.8 Å². The van der Waals surface area contributed by atoms with Crippen molar-refractivity contribution in [3.63, 3.8) is 0 Å². The van der Waals surface area contributed by atoms with Crippen LogP contribution in [0.5, 0.6) is 0 Å². The number of hydrogen-bond acceptors (Lipinski definition) is 7. The van der Waals surface area contributed by atoms with Gasteiger partial charge < -0.3 is 10.1 Å². The Hall–Kier alpha value is -4.24. The van der Waals surface area contributed by atoms with Crippen LogP contribution in [0.25, 0.3) is 0 Å². The number of amides is 1. The zero-order valence-electron chi connectivity index (χ0n) is 19.5. The molecule has 0 fully saturated rings. The van der Waals surface area contributed by atoms with Gasteiger partial charge in [-0.05, 0) is 43.3 Å². The number of carbonyl (C=O) groups excluding carboxylic acids is 2. The molecule has 0 heterocycles. The molecule has 0 aliphatic rings. The van der Waals surface area contributed by atoms with Gasteiger partial charge in [0.15, 0.2) is 6.10 Å². The van der Waals surface area contributed by atoms with Gasteiger partial charge in [0, 0.05) is 12.1 Å². The number of carbonyl (C=O) groups is 2. The fraction of sp³-hybridized carbons (Fsp3) is 0.130. The fourth-order valence-electron chi connectivity index (χ4n) is 3.08. The predicted molar refractivity (Wildman–Crippen MR) is 130 cm³/mol. The Bertz CT molecular complexity index is 1570. The van der Waals surface area contributed by atoms with E-state index in [2.05, 4.69) is 0 Å². The lowest BCUT2D eigenvalue weighted by Gasteiger charge is -2.17. The van der Waals surface area contributed by atoms with Crippen molar-refractivity contribution in [1.29, 1.82) is 0 Å². The number of anilines is 2. The normalized spacial score (nSPS) is 12.4. The number of benzene rings is 3. The van der Waals surface area contributed by atoms with Crippen molar-refractivity contribution in [1.82, 2.24) is 0 Å². The maximum atomic E-state index is 13.9. The molecule has 16 heteroatoms. The van der Waals surface area contributed by atoms with Crippen LogP contribution in [0.2, 0.25) is 5.02 Å². The van der Waals surface area contributed by atoms with Gasteiger partial charge >= 0.3 is 12.1 Å². The highest BCUT2D eigenvalue weighted by Crippen LogP contribution is 2.37. The van der Waals surface area contributed by atoms with Crippen LogP contribution in [0.4, 0.5) is 34.6 Å². The smallest absolute Gasteiger partial charge is 0.418 e. The van der Waals surface area contributed by atoms with Gasteiger partial charge in [0.25, 0.3) is 21.6 Å². The lowest BCUT2D eigenvalue weighted by Crippen LogP contribution is -2.31. The van der Waals surface area contributed by atoms with Crippen molar-refractivity contribution in [2.45, 2.75) is 24.1 Å². The first-order valence-electron chi connectivity index (χ1n) is 10.5. The first kappa shape index (κ1) is 29.3. The van der Waals surface area contributed by atoms with E-state index >= 15 is 0 Å². The van der Waals surface area contributed by atoms with Gasteiger partial charge in [-0.3, -0.25) is 19.6 Å². The quantitative estimate of drug-likeness (QED) is 0.155. The Morgan fingerprint density at radius 3 is 2.33 bits per heavy atom. The fourth-order valence-corrected chi connectivity index (χ4v) is 4.36. The predicted octanol–water partition coefficient (Wildman–Crippen LogP) is 5.39. The molecular formula is C23H16ClF4N3O7S. The number of nitro groups is 1. The van der Waals surface area contributed by atoms with Crippen molar-refractivity contribution >= 4 is 50.6 Å². The first-order valence-corrected chi connectivity index (χ1v) is 12.4. The molecule has 39 heavy (non-hydrogen) atoms. The van der Waals surface area contributed by atoms with Crippen LogP contribution in [0, 0.1) is 15.9 Å². The standard InChI is InChI=1S/C23H16ClF4N3O7S/c1-12(21(32)29-19-9-6-13(31(34)35)10-16(19)23(26,27)28)38-22(33)15-11-14(7-8-17(15)24)39(36,37)30-20-5-3-2-4-18(20)25/h2-12,30H,1H3,(H,29,32)/t12-/m1/s1. The molecule has 3 rings (SSSR count). The highest BCUT2D eigenvalue weighted by molar-refractivity contribution is 7.92. The van der Waals surface area contributed by atoms with E-state index in [0.29, 0.717) is 6.07 Å². The van der Waals surface area contributed by atoms with Crippen LogP contribution in [0.1, 0.15) is 22.8 Å². The lowest BCUT2D eigenvalue weighted by molar-refractivity contribution is -0.385. The van der Waals surface area contributed by atoms with Gasteiger partial charge in [0.2, 0.25) is 0 Å². The number of alkyl halides is 3. The molecule has 0 aromatic heterocycles. The van der Waals surface area contributed by atoms with Crippen molar-refractivity contribution in [2.75, 3.05) is 10.0 Å². The molecule has 2 N–H and O–H groups in total. The van der Waals surface area contributed by atoms with Crippen molar-refractivity contribution in [3.05, 3.63) is 92.7 Å². The van der Waals surface area contributed by atoms with Gasteiger partial charge in [-0.2, -0.15) is 13.2 Å². The van der Waals surface area contributed by atoms with Crippen LogP contribution < -0.4 is 10.0 Å². The molecule has 206 valence electrons. The van der Waals surface area contributed by atoms with Gasteiger partial charge in [-0.25, -0.2) is 17.6 Å². The van der Waals surface area contributed by atoms with Gasteiger partial charge in [-0.15, -0.1) is 0 Å². The molecule has 0 aliphatic carbocycles. The SMILES string of the molecule is C[C@@H](OC(=O)c1cc(S(=O)(=O)Nc2ccccc2F)ccc1Cl)C(=O)Nc1ccc([N+](=O)[O-])cc1C(F)(F)F. The number of para-hydroxylation sites is 1. The summed E-state index contributed by atoms with van der Waals surface area (Å²) >= 11 is 5.97. The largest absolute Gasteiger partial charge is 0.449 e. The summed E-state index contributed by atoms with van der Waals surface area (Å²) in [4.78, 5) is 34.4. The monoisotopic (exact) mass is 589 g/mol. The molecule has 1 amide bonds. The molecule has 0 saturated heterocycles. The highest BCUT2D eigenvalue weighted by atomic mass is 35.5. The van der Waals surface area contributed by atoms with Gasteiger partial charge in [0.1, 0.15) is 5.82 Å². The van der Waals surface area contributed by atoms with E-state index < -0.39 is 72.3 Å². The van der Waals surface area contributed by atoms with Crippen molar-refractivity contribution in [3.8, 4) is 0 Å². The van der Waals surface area contributed by atoms with E-state index in [1.807, 2.05) is 10.0 Å². The molecule has 10 nitrogen and oxygen atoms in total. The minimum Gasteiger partial charge on any atom is -0.449 e. The summed E-state index contributed by atoms with van der Waals surface area (Å²) in [6, 6.07) is 9.39. The second-order valence-corrected chi connectivity index (χ2v) is 9.84. The number of nitrogens with one attached hydrogen (secondary N) is 2. The maximum Gasteiger partial charge on any atom is 0.418 e. The molecule has 3 aromatic carbocycles. The van der Waals surface area contributed by atoms with Crippen LogP contribution in [-0.2, 0) is 25.7 Å². The van der Waals surface area contributed by atoms with Gasteiger partial charge in [-0.1, -0.05) is 23.7 Å². The second-order valence-electron chi connectivity index (χ2n) is 7.75. The number of non-ortho nitro benzene ring substituents is 1. The molecular weight excluding hydrogens is 574 g/mol. The summed E-state index contributed by atoms with van der Waals surface area (Å²) in [7, 11) is -4.41. The third-order valence-corrected chi connectivity index (χ3v) is 6.71. The number of esters is 1.